The van der Waals surface area contributed by atoms with Crippen LogP contribution in [-0.4, -0.2) is 28.1 Å². The fraction of sp³-hybridized carbons (Fsp3) is 0.111. The molecule has 27 heavy (non-hydrogen) atoms. The highest BCUT2D eigenvalue weighted by atomic mass is 127. The topological polar surface area (TPSA) is 91.8 Å². The summed E-state index contributed by atoms with van der Waals surface area (Å²) in [5.41, 5.74) is 1.52. The van der Waals surface area contributed by atoms with Gasteiger partial charge in [-0.15, -0.1) is 0 Å². The fourth-order valence-electron chi connectivity index (χ4n) is 2.27. The van der Waals surface area contributed by atoms with Crippen LogP contribution >= 0.6 is 22.6 Å². The van der Waals surface area contributed by atoms with Gasteiger partial charge < -0.3 is 9.47 Å². The molecule has 0 fully saturated rings. The van der Waals surface area contributed by atoms with Gasteiger partial charge >= 0.3 is 5.69 Å². The molecule has 0 spiro atoms. The molecule has 0 aliphatic heterocycles. The van der Waals surface area contributed by atoms with Crippen LogP contribution in [0.1, 0.15) is 11.1 Å². The average Bonchev–Trinajstić information content (AvgIpc) is 3.15. The molecule has 0 amide bonds. The largest absolute Gasteiger partial charge is 0.496 e. The number of ether oxygens (including phenoxy) is 2. The summed E-state index contributed by atoms with van der Waals surface area (Å²) in [5, 5.41) is 18.6. The van der Waals surface area contributed by atoms with Gasteiger partial charge in [-0.1, -0.05) is 0 Å². The van der Waals surface area contributed by atoms with Crippen LogP contribution < -0.4 is 9.47 Å². The second kappa shape index (κ2) is 8.62. The molecule has 0 aliphatic carbocycles. The third-order valence-electron chi connectivity index (χ3n) is 3.60. The number of rotatable bonds is 7. The predicted molar refractivity (Wildman–Crippen MR) is 108 cm³/mol. The van der Waals surface area contributed by atoms with Crippen molar-refractivity contribution in [3.05, 3.63) is 79.7 Å². The summed E-state index contributed by atoms with van der Waals surface area (Å²) >= 11 is 2.24. The first-order chi connectivity index (χ1) is 13.0. The van der Waals surface area contributed by atoms with Crippen molar-refractivity contribution in [1.82, 2.24) is 9.89 Å². The van der Waals surface area contributed by atoms with Crippen molar-refractivity contribution in [2.24, 2.45) is 5.10 Å². The van der Waals surface area contributed by atoms with E-state index in [0.29, 0.717) is 12.4 Å². The van der Waals surface area contributed by atoms with Crippen LogP contribution in [0.5, 0.6) is 11.5 Å². The Morgan fingerprint density at radius 1 is 1.30 bits per heavy atom. The zero-order valence-corrected chi connectivity index (χ0v) is 16.4. The van der Waals surface area contributed by atoms with E-state index in [4.69, 9.17) is 9.47 Å². The van der Waals surface area contributed by atoms with Crippen molar-refractivity contribution < 1.29 is 14.4 Å². The Bertz CT molecular complexity index is 970. The quantitative estimate of drug-likeness (QED) is 0.223. The molecule has 9 heteroatoms. The van der Waals surface area contributed by atoms with E-state index in [-0.39, 0.29) is 5.69 Å². The van der Waals surface area contributed by atoms with Crippen LogP contribution in [0.15, 0.2) is 60.0 Å². The van der Waals surface area contributed by atoms with Gasteiger partial charge in [-0.05, 0) is 70.6 Å². The van der Waals surface area contributed by atoms with Crippen molar-refractivity contribution >= 4 is 34.5 Å². The molecule has 0 radical (unpaired) electrons. The third-order valence-corrected chi connectivity index (χ3v) is 4.32. The maximum atomic E-state index is 10.7. The van der Waals surface area contributed by atoms with Crippen molar-refractivity contribution in [2.45, 2.75) is 6.61 Å². The summed E-state index contributed by atoms with van der Waals surface area (Å²) in [5.74, 6) is 1.47. The average molecular weight is 478 g/mol. The summed E-state index contributed by atoms with van der Waals surface area (Å²) < 4.78 is 12.3. The zero-order chi connectivity index (χ0) is 19.2. The van der Waals surface area contributed by atoms with Crippen LogP contribution in [0.3, 0.4) is 0 Å². The highest BCUT2D eigenvalue weighted by Crippen LogP contribution is 2.22. The lowest BCUT2D eigenvalue weighted by Gasteiger charge is -2.11. The molecule has 0 bridgehead atoms. The van der Waals surface area contributed by atoms with E-state index < -0.39 is 4.92 Å². The van der Waals surface area contributed by atoms with Crippen LogP contribution in [0.4, 0.5) is 5.69 Å². The highest BCUT2D eigenvalue weighted by Gasteiger charge is 2.08. The molecule has 0 saturated heterocycles. The molecular formula is C18H15IN4O4. The number of aromatic nitrogens is 2. The number of hydrogen-bond acceptors (Lipinski definition) is 6. The smallest absolute Gasteiger partial charge is 0.309 e. The zero-order valence-electron chi connectivity index (χ0n) is 14.3. The lowest BCUT2D eigenvalue weighted by Crippen LogP contribution is -2.00. The number of halogens is 1. The van der Waals surface area contributed by atoms with Crippen LogP contribution in [0.25, 0.3) is 0 Å². The SMILES string of the molecule is COc1ccc(/C=N/n2cc([N+](=O)[O-])cn2)cc1COc1ccc(I)cc1. The molecule has 1 heterocycles. The van der Waals surface area contributed by atoms with Crippen LogP contribution in [0, 0.1) is 13.7 Å². The van der Waals surface area contributed by atoms with E-state index in [1.54, 1.807) is 13.3 Å². The number of nitro groups is 1. The van der Waals surface area contributed by atoms with E-state index in [2.05, 4.69) is 32.8 Å². The third kappa shape index (κ3) is 5.03. The van der Waals surface area contributed by atoms with Gasteiger partial charge in [-0.2, -0.15) is 15.0 Å². The molecule has 0 N–H and O–H groups in total. The minimum absolute atomic E-state index is 0.117. The van der Waals surface area contributed by atoms with Gasteiger partial charge in [0.1, 0.15) is 30.5 Å². The molecule has 0 atom stereocenters. The van der Waals surface area contributed by atoms with Crippen molar-refractivity contribution in [3.63, 3.8) is 0 Å². The minimum atomic E-state index is -0.521. The molecule has 0 saturated carbocycles. The van der Waals surface area contributed by atoms with Gasteiger partial charge in [0.25, 0.3) is 0 Å². The lowest BCUT2D eigenvalue weighted by atomic mass is 10.1. The van der Waals surface area contributed by atoms with Crippen molar-refractivity contribution in [3.8, 4) is 11.5 Å². The highest BCUT2D eigenvalue weighted by molar-refractivity contribution is 14.1. The number of methoxy groups -OCH3 is 1. The molecule has 138 valence electrons. The monoisotopic (exact) mass is 478 g/mol. The fourth-order valence-corrected chi connectivity index (χ4v) is 2.63. The van der Waals surface area contributed by atoms with E-state index in [1.807, 2.05) is 42.5 Å². The first-order valence-corrected chi connectivity index (χ1v) is 8.92. The minimum Gasteiger partial charge on any atom is -0.496 e. The maximum absolute atomic E-state index is 10.7. The first kappa shape index (κ1) is 18.8. The first-order valence-electron chi connectivity index (χ1n) is 7.84. The second-order valence-electron chi connectivity index (χ2n) is 5.43. The molecule has 2 aromatic carbocycles. The van der Waals surface area contributed by atoms with Gasteiger partial charge in [-0.3, -0.25) is 10.1 Å². The molecule has 0 aliphatic rings. The number of benzene rings is 2. The van der Waals surface area contributed by atoms with E-state index >= 15 is 0 Å². The number of hydrogen-bond donors (Lipinski definition) is 0. The Balaban J connectivity index is 1.74. The van der Waals surface area contributed by atoms with E-state index in [0.717, 1.165) is 31.4 Å². The summed E-state index contributed by atoms with van der Waals surface area (Å²) in [6.07, 6.45) is 3.94. The van der Waals surface area contributed by atoms with Crippen molar-refractivity contribution in [1.29, 1.82) is 0 Å². The van der Waals surface area contributed by atoms with Crippen LogP contribution in [-0.2, 0) is 6.61 Å². The Hall–Kier alpha value is -2.95. The van der Waals surface area contributed by atoms with Gasteiger partial charge in [0.15, 0.2) is 0 Å². The summed E-state index contributed by atoms with van der Waals surface area (Å²) in [6, 6.07) is 13.3. The predicted octanol–water partition coefficient (Wildman–Crippen LogP) is 3.87. The molecular weight excluding hydrogens is 463 g/mol. The van der Waals surface area contributed by atoms with Gasteiger partial charge in [-0.25, -0.2) is 0 Å². The van der Waals surface area contributed by atoms with Gasteiger partial charge in [0, 0.05) is 9.13 Å². The molecule has 3 aromatic rings. The maximum Gasteiger partial charge on any atom is 0.309 e. The molecule has 1 aromatic heterocycles. The summed E-state index contributed by atoms with van der Waals surface area (Å²) in [7, 11) is 1.60. The van der Waals surface area contributed by atoms with Crippen molar-refractivity contribution in [2.75, 3.05) is 7.11 Å². The Morgan fingerprint density at radius 3 is 2.74 bits per heavy atom. The summed E-state index contributed by atoms with van der Waals surface area (Å²) in [4.78, 5) is 11.3. The van der Waals surface area contributed by atoms with Gasteiger partial charge in [0.05, 0.1) is 18.2 Å². The normalized spacial score (nSPS) is 10.9. The molecule has 8 nitrogen and oxygen atoms in total. The Labute approximate surface area is 168 Å². The lowest BCUT2D eigenvalue weighted by molar-refractivity contribution is -0.385. The number of nitrogens with zero attached hydrogens (tertiary/aromatic N) is 4. The summed E-state index contributed by atoms with van der Waals surface area (Å²) in [6.45, 7) is 0.332. The Kier molecular flexibility index (Phi) is 6.01. The molecule has 3 rings (SSSR count). The molecule has 0 unspecified atom stereocenters. The van der Waals surface area contributed by atoms with E-state index in [1.165, 1.54) is 6.20 Å². The van der Waals surface area contributed by atoms with E-state index in [9.17, 15) is 10.1 Å². The van der Waals surface area contributed by atoms with Crippen LogP contribution in [0.2, 0.25) is 0 Å². The standard InChI is InChI=1S/C18H15IN4O4/c1-26-18-7-2-13(9-20-22-11-16(10-21-22)23(24)25)8-14(18)12-27-17-5-3-15(19)4-6-17/h2-11H,12H2,1H3/b20-9+. The van der Waals surface area contributed by atoms with Gasteiger partial charge in [0.2, 0.25) is 0 Å². The second-order valence-corrected chi connectivity index (χ2v) is 6.68. The Morgan fingerprint density at radius 2 is 2.07 bits per heavy atom.